The molecule has 208 valence electrons. The summed E-state index contributed by atoms with van der Waals surface area (Å²) in [4.78, 5) is 13.3. The van der Waals surface area contributed by atoms with Crippen molar-refractivity contribution in [1.82, 2.24) is 0 Å². The Labute approximate surface area is 245 Å². The van der Waals surface area contributed by atoms with E-state index in [4.69, 9.17) is 9.47 Å². The molecular weight excluding hydrogens is 522 g/mol. The van der Waals surface area contributed by atoms with E-state index in [0.29, 0.717) is 17.1 Å². The Morgan fingerprint density at radius 1 is 0.667 bits per heavy atom. The maximum absolute atomic E-state index is 13.3. The van der Waals surface area contributed by atoms with Crippen molar-refractivity contribution in [3.63, 3.8) is 0 Å². The predicted octanol–water partition coefficient (Wildman–Crippen LogP) is 8.49. The average molecular weight is 554 g/mol. The van der Waals surface area contributed by atoms with Gasteiger partial charge in [0.25, 0.3) is 0 Å². The third kappa shape index (κ3) is 4.32. The van der Waals surface area contributed by atoms with E-state index in [2.05, 4.69) is 60.1 Å². The summed E-state index contributed by atoms with van der Waals surface area (Å²) in [6, 6.07) is 36.0. The number of aryl methyl sites for hydroxylation is 2. The molecule has 0 amide bonds. The van der Waals surface area contributed by atoms with Crippen molar-refractivity contribution in [3.05, 3.63) is 143 Å². The lowest BCUT2D eigenvalue weighted by Gasteiger charge is -2.37. The van der Waals surface area contributed by atoms with Gasteiger partial charge in [0.15, 0.2) is 5.60 Å². The molecule has 6 nitrogen and oxygen atoms in total. The zero-order valence-corrected chi connectivity index (χ0v) is 23.7. The van der Waals surface area contributed by atoms with Crippen molar-refractivity contribution in [3.8, 4) is 11.5 Å². The lowest BCUT2D eigenvalue weighted by atomic mass is 9.77. The summed E-state index contributed by atoms with van der Waals surface area (Å²) in [5.74, 6) is 0.953. The first-order chi connectivity index (χ1) is 20.4. The van der Waals surface area contributed by atoms with Crippen molar-refractivity contribution in [2.75, 3.05) is 16.0 Å². The lowest BCUT2D eigenvalue weighted by Crippen LogP contribution is -2.33. The van der Waals surface area contributed by atoms with Crippen LogP contribution in [0.1, 0.15) is 45.1 Å². The van der Waals surface area contributed by atoms with Gasteiger partial charge in [-0.2, -0.15) is 0 Å². The number of ether oxygens (including phenoxy) is 2. The molecule has 0 saturated carbocycles. The molecule has 5 aromatic carbocycles. The predicted molar refractivity (Wildman–Crippen MR) is 167 cm³/mol. The van der Waals surface area contributed by atoms with E-state index >= 15 is 0 Å². The first-order valence-electron chi connectivity index (χ1n) is 14.1. The Bertz CT molecular complexity index is 1820. The lowest BCUT2D eigenvalue weighted by molar-refractivity contribution is 0.0224. The van der Waals surface area contributed by atoms with Crippen molar-refractivity contribution in [2.45, 2.75) is 32.5 Å². The average Bonchev–Trinajstić information content (AvgIpc) is 3.28. The Balaban J connectivity index is 1.30. The maximum atomic E-state index is 13.3. The number of benzene rings is 5. The molecule has 7 rings (SSSR count). The minimum atomic E-state index is -1.14. The van der Waals surface area contributed by atoms with E-state index in [1.54, 1.807) is 0 Å². The van der Waals surface area contributed by atoms with Gasteiger partial charge in [0, 0.05) is 45.5 Å². The van der Waals surface area contributed by atoms with E-state index in [1.165, 1.54) is 5.56 Å². The number of hydrogen-bond acceptors (Lipinski definition) is 6. The van der Waals surface area contributed by atoms with Gasteiger partial charge in [-0.15, -0.1) is 0 Å². The van der Waals surface area contributed by atoms with Crippen LogP contribution in [0.4, 0.5) is 22.7 Å². The Morgan fingerprint density at radius 2 is 1.36 bits per heavy atom. The van der Waals surface area contributed by atoms with Crippen LogP contribution < -0.4 is 20.7 Å². The summed E-state index contributed by atoms with van der Waals surface area (Å²) in [5, 5.41) is 10.5. The molecule has 2 heterocycles. The number of carbonyl (C=O) groups is 1. The highest BCUT2D eigenvalue weighted by Crippen LogP contribution is 2.57. The number of nitrogens with one attached hydrogen (secondary N) is 3. The van der Waals surface area contributed by atoms with Gasteiger partial charge >= 0.3 is 5.97 Å². The topological polar surface area (TPSA) is 71.6 Å². The normalized spacial score (nSPS) is 16.9. The molecule has 0 bridgehead atoms. The number of carbonyl (C=O) groups excluding carboxylic acids is 1. The largest absolute Gasteiger partial charge is 0.456 e. The fraction of sp³-hybridized carbons (Fsp3) is 0.139. The van der Waals surface area contributed by atoms with Crippen molar-refractivity contribution < 1.29 is 14.3 Å². The van der Waals surface area contributed by atoms with E-state index in [0.717, 1.165) is 45.0 Å². The van der Waals surface area contributed by atoms with Crippen LogP contribution >= 0.6 is 0 Å². The molecule has 2 aliphatic heterocycles. The van der Waals surface area contributed by atoms with E-state index < -0.39 is 5.60 Å². The fourth-order valence-corrected chi connectivity index (χ4v) is 5.91. The first-order valence-corrected chi connectivity index (χ1v) is 14.1. The molecule has 1 spiro atoms. The second kappa shape index (κ2) is 10.00. The van der Waals surface area contributed by atoms with Crippen LogP contribution in [0.3, 0.4) is 0 Å². The number of fused-ring (bicyclic) bond motifs is 6. The molecule has 0 aromatic heterocycles. The van der Waals surface area contributed by atoms with E-state index in [9.17, 15) is 4.79 Å². The molecule has 3 N–H and O–H groups in total. The van der Waals surface area contributed by atoms with Gasteiger partial charge < -0.3 is 25.4 Å². The summed E-state index contributed by atoms with van der Waals surface area (Å²) in [7, 11) is 0. The van der Waals surface area contributed by atoms with Gasteiger partial charge in [-0.25, -0.2) is 4.79 Å². The van der Waals surface area contributed by atoms with Gasteiger partial charge in [-0.1, -0.05) is 54.1 Å². The van der Waals surface area contributed by atoms with Crippen LogP contribution in [-0.2, 0) is 10.3 Å². The minimum absolute atomic E-state index is 0.0468. The number of hydrogen-bond donors (Lipinski definition) is 3. The smallest absolute Gasteiger partial charge is 0.340 e. The van der Waals surface area contributed by atoms with Crippen molar-refractivity contribution >= 4 is 28.7 Å². The fourth-order valence-electron chi connectivity index (χ4n) is 5.91. The summed E-state index contributed by atoms with van der Waals surface area (Å²) in [5.41, 5.74) is 7.85. The van der Waals surface area contributed by atoms with Gasteiger partial charge in [0.1, 0.15) is 11.5 Å². The van der Waals surface area contributed by atoms with Crippen LogP contribution in [0, 0.1) is 13.8 Å². The van der Waals surface area contributed by atoms with Crippen LogP contribution in [0.15, 0.2) is 109 Å². The Hall–Kier alpha value is -5.23. The van der Waals surface area contributed by atoms with Gasteiger partial charge in [0.05, 0.1) is 11.7 Å². The maximum Gasteiger partial charge on any atom is 0.340 e. The first kappa shape index (κ1) is 25.7. The van der Waals surface area contributed by atoms with E-state index in [1.807, 2.05) is 85.8 Å². The second-order valence-electron chi connectivity index (χ2n) is 11.0. The molecule has 0 aliphatic carbocycles. The highest BCUT2D eigenvalue weighted by Gasteiger charge is 2.53. The molecule has 0 saturated heterocycles. The van der Waals surface area contributed by atoms with Crippen LogP contribution in [0.2, 0.25) is 0 Å². The number of rotatable bonds is 6. The quantitative estimate of drug-likeness (QED) is 0.145. The molecule has 6 heteroatoms. The number of para-hydroxylation sites is 1. The zero-order chi connectivity index (χ0) is 28.8. The monoisotopic (exact) mass is 553 g/mol. The zero-order valence-electron chi connectivity index (χ0n) is 23.7. The van der Waals surface area contributed by atoms with Gasteiger partial charge in [-0.05, 0) is 80.9 Å². The molecule has 42 heavy (non-hydrogen) atoms. The molecule has 0 radical (unpaired) electrons. The molecule has 0 fully saturated rings. The molecule has 2 atom stereocenters. The summed E-state index contributed by atoms with van der Waals surface area (Å²) >= 11 is 0. The van der Waals surface area contributed by atoms with Crippen LogP contribution in [0.5, 0.6) is 11.5 Å². The van der Waals surface area contributed by atoms with Crippen molar-refractivity contribution in [2.24, 2.45) is 0 Å². The van der Waals surface area contributed by atoms with Crippen LogP contribution in [0.25, 0.3) is 0 Å². The standard InChI is InChI=1S/C36H31N3O3/c1-22-13-15-26(16-14-22)37-24(3)38-27-17-18-30-34(20-27)41-33-19-23(2)32(39-25-9-5-4-6-10-25)21-31(33)36(30)29-12-8-7-11-28(29)35(40)42-36/h4-21,24,37-39H,1-3H3. The minimum Gasteiger partial charge on any atom is -0.456 e. The van der Waals surface area contributed by atoms with Gasteiger partial charge in [-0.3, -0.25) is 0 Å². The SMILES string of the molecule is Cc1ccc(NC(C)Nc2ccc3c(c2)Oc2cc(C)c(Nc4ccccc4)cc2C32OC(=O)c3ccccc32)cc1. The highest BCUT2D eigenvalue weighted by atomic mass is 16.6. The highest BCUT2D eigenvalue weighted by molar-refractivity contribution is 5.97. The summed E-state index contributed by atoms with van der Waals surface area (Å²) in [6.45, 7) is 6.18. The summed E-state index contributed by atoms with van der Waals surface area (Å²) in [6.07, 6.45) is -0.0468. The molecule has 5 aromatic rings. The summed E-state index contributed by atoms with van der Waals surface area (Å²) < 4.78 is 13.0. The Morgan fingerprint density at radius 3 is 2.17 bits per heavy atom. The molecule has 2 unspecified atom stereocenters. The third-order valence-corrected chi connectivity index (χ3v) is 7.93. The van der Waals surface area contributed by atoms with E-state index in [-0.39, 0.29) is 12.1 Å². The van der Waals surface area contributed by atoms with Crippen LogP contribution in [-0.4, -0.2) is 12.1 Å². The number of anilines is 4. The van der Waals surface area contributed by atoms with Crippen molar-refractivity contribution in [1.29, 1.82) is 0 Å². The molecular formula is C36H31N3O3. The third-order valence-electron chi connectivity index (χ3n) is 7.93. The molecule has 2 aliphatic rings. The van der Waals surface area contributed by atoms with Gasteiger partial charge in [0.2, 0.25) is 0 Å². The second-order valence-corrected chi connectivity index (χ2v) is 11.0. The Kier molecular flexibility index (Phi) is 6.12. The number of esters is 1.